The Morgan fingerprint density at radius 3 is 1.61 bits per heavy atom. The molecule has 2 atom stereocenters. The molecule has 0 bridgehead atoms. The number of phenols is 2. The molecule has 0 fully saturated rings. The predicted molar refractivity (Wildman–Crippen MR) is 157 cm³/mol. The standard InChI is InChI=1S/C30H30N4O9S/c35-25-10-2-1-7-21(25)29(23-8-3-5-13-31-23)33(18-27(37)38)15-16-34(19-28(39)40)30(24-9-4-6-14-32-24)22-17-20(44(41,42)43)11-12-26(22)36/h1-14,17,29-30,35-36H,15-16,18-19H2,(H,37,38)(H,39,40)(H,41,42,43). The van der Waals surface area contributed by atoms with Crippen LogP contribution in [0.5, 0.6) is 11.5 Å². The van der Waals surface area contributed by atoms with Crippen LogP contribution < -0.4 is 0 Å². The van der Waals surface area contributed by atoms with E-state index in [1.807, 2.05) is 0 Å². The van der Waals surface area contributed by atoms with E-state index < -0.39 is 52.1 Å². The quantitative estimate of drug-likeness (QED) is 0.129. The van der Waals surface area contributed by atoms with Crippen molar-refractivity contribution >= 4 is 22.1 Å². The summed E-state index contributed by atoms with van der Waals surface area (Å²) in [6.45, 7) is -1.36. The maximum atomic E-state index is 12.1. The summed E-state index contributed by atoms with van der Waals surface area (Å²) in [5.41, 5.74) is 1.01. The molecule has 0 saturated heterocycles. The summed E-state index contributed by atoms with van der Waals surface area (Å²) in [7, 11) is -4.69. The molecule has 0 aliphatic heterocycles. The van der Waals surface area contributed by atoms with E-state index in [1.54, 1.807) is 54.6 Å². The topological polar surface area (TPSA) is 202 Å². The number of phenolic OH excluding ortho intramolecular Hbond substituents is 2. The molecule has 0 radical (unpaired) electrons. The summed E-state index contributed by atoms with van der Waals surface area (Å²) in [6, 6.07) is 17.4. The fraction of sp³-hybridized carbons (Fsp3) is 0.200. The normalized spacial score (nSPS) is 13.1. The number of hydrogen-bond acceptors (Lipinski definition) is 10. The largest absolute Gasteiger partial charge is 0.508 e. The Kier molecular flexibility index (Phi) is 10.2. The highest BCUT2D eigenvalue weighted by Gasteiger charge is 2.32. The van der Waals surface area contributed by atoms with E-state index in [2.05, 4.69) is 9.97 Å². The van der Waals surface area contributed by atoms with Crippen LogP contribution in [-0.2, 0) is 19.7 Å². The Balaban J connectivity index is 1.82. The maximum absolute atomic E-state index is 12.1. The molecule has 14 heteroatoms. The van der Waals surface area contributed by atoms with Crippen LogP contribution in [0.1, 0.15) is 34.6 Å². The van der Waals surface area contributed by atoms with Gasteiger partial charge in [-0.25, -0.2) is 0 Å². The van der Waals surface area contributed by atoms with E-state index in [-0.39, 0.29) is 35.8 Å². The molecule has 0 aliphatic carbocycles. The molecular formula is C30H30N4O9S. The van der Waals surface area contributed by atoms with Crippen molar-refractivity contribution in [1.29, 1.82) is 0 Å². The first kappa shape index (κ1) is 32.0. The molecule has 0 saturated carbocycles. The van der Waals surface area contributed by atoms with Crippen LogP contribution in [0.2, 0.25) is 0 Å². The predicted octanol–water partition coefficient (Wildman–Crippen LogP) is 2.79. The van der Waals surface area contributed by atoms with Gasteiger partial charge < -0.3 is 20.4 Å². The molecule has 4 aromatic rings. The number of carbonyl (C=O) groups is 2. The highest BCUT2D eigenvalue weighted by Crippen LogP contribution is 2.36. The van der Waals surface area contributed by atoms with Gasteiger partial charge in [-0.05, 0) is 48.5 Å². The minimum absolute atomic E-state index is 0.0492. The van der Waals surface area contributed by atoms with Gasteiger partial charge in [-0.15, -0.1) is 0 Å². The fourth-order valence-electron chi connectivity index (χ4n) is 5.00. The van der Waals surface area contributed by atoms with Crippen molar-refractivity contribution in [2.24, 2.45) is 0 Å². The van der Waals surface area contributed by atoms with E-state index in [9.17, 15) is 43.0 Å². The molecule has 0 amide bonds. The van der Waals surface area contributed by atoms with Crippen molar-refractivity contribution in [2.75, 3.05) is 26.2 Å². The Labute approximate surface area is 253 Å². The highest BCUT2D eigenvalue weighted by molar-refractivity contribution is 7.85. The Morgan fingerprint density at radius 2 is 1.16 bits per heavy atom. The smallest absolute Gasteiger partial charge is 0.317 e. The first-order valence-corrected chi connectivity index (χ1v) is 14.7. The third kappa shape index (κ3) is 7.93. The molecule has 4 rings (SSSR count). The number of aliphatic carboxylic acids is 2. The average Bonchev–Trinajstić information content (AvgIpc) is 2.98. The van der Waals surface area contributed by atoms with Crippen LogP contribution in [0, 0.1) is 0 Å². The molecule has 0 aliphatic rings. The minimum Gasteiger partial charge on any atom is -0.508 e. The summed E-state index contributed by atoms with van der Waals surface area (Å²) in [6.07, 6.45) is 2.97. The van der Waals surface area contributed by atoms with E-state index in [0.29, 0.717) is 11.3 Å². The maximum Gasteiger partial charge on any atom is 0.317 e. The third-order valence-corrected chi connectivity index (χ3v) is 7.69. The summed E-state index contributed by atoms with van der Waals surface area (Å²) in [5.74, 6) is -2.93. The number of rotatable bonds is 14. The summed E-state index contributed by atoms with van der Waals surface area (Å²) < 4.78 is 33.6. The van der Waals surface area contributed by atoms with Crippen LogP contribution >= 0.6 is 0 Å². The monoisotopic (exact) mass is 622 g/mol. The van der Waals surface area contributed by atoms with Crippen molar-refractivity contribution in [3.63, 3.8) is 0 Å². The lowest BCUT2D eigenvalue weighted by Gasteiger charge is -2.35. The number of nitrogens with zero attached hydrogens (tertiary/aromatic N) is 4. The van der Waals surface area contributed by atoms with Gasteiger partial charge in [-0.1, -0.05) is 30.3 Å². The summed E-state index contributed by atoms with van der Waals surface area (Å²) >= 11 is 0. The zero-order chi connectivity index (χ0) is 31.9. The second-order valence-corrected chi connectivity index (χ2v) is 11.2. The van der Waals surface area contributed by atoms with Gasteiger partial charge in [-0.2, -0.15) is 8.42 Å². The lowest BCUT2D eigenvalue weighted by atomic mass is 9.98. The van der Waals surface area contributed by atoms with Gasteiger partial charge in [0.2, 0.25) is 0 Å². The van der Waals surface area contributed by atoms with E-state index in [0.717, 1.165) is 18.2 Å². The number of carboxylic acids is 2. The second-order valence-electron chi connectivity index (χ2n) is 9.80. The van der Waals surface area contributed by atoms with Crippen molar-refractivity contribution in [2.45, 2.75) is 17.0 Å². The van der Waals surface area contributed by atoms with Gasteiger partial charge in [0.15, 0.2) is 0 Å². The second kappa shape index (κ2) is 14.1. The fourth-order valence-corrected chi connectivity index (χ4v) is 5.51. The lowest BCUT2D eigenvalue weighted by molar-refractivity contribution is -0.140. The van der Waals surface area contributed by atoms with Gasteiger partial charge in [0.25, 0.3) is 10.1 Å². The first-order chi connectivity index (χ1) is 21.0. The molecule has 2 aromatic carbocycles. The van der Waals surface area contributed by atoms with Gasteiger partial charge in [-0.3, -0.25) is 33.9 Å². The van der Waals surface area contributed by atoms with E-state index in [1.165, 1.54) is 28.3 Å². The van der Waals surface area contributed by atoms with Gasteiger partial charge >= 0.3 is 11.9 Å². The highest BCUT2D eigenvalue weighted by atomic mass is 32.2. The average molecular weight is 623 g/mol. The molecule has 5 N–H and O–H groups in total. The van der Waals surface area contributed by atoms with Gasteiger partial charge in [0, 0.05) is 36.6 Å². The first-order valence-electron chi connectivity index (χ1n) is 13.3. The summed E-state index contributed by atoms with van der Waals surface area (Å²) in [5, 5.41) is 41.3. The zero-order valence-electron chi connectivity index (χ0n) is 23.2. The number of carboxylic acid groups (broad SMARTS) is 2. The molecule has 13 nitrogen and oxygen atoms in total. The van der Waals surface area contributed by atoms with Crippen LogP contribution in [0.25, 0.3) is 0 Å². The van der Waals surface area contributed by atoms with Crippen LogP contribution in [0.15, 0.2) is 96.2 Å². The van der Waals surface area contributed by atoms with Gasteiger partial charge in [0.05, 0.1) is 41.5 Å². The number of aromatic hydroxyl groups is 2. The molecule has 230 valence electrons. The molecular weight excluding hydrogens is 592 g/mol. The van der Waals surface area contributed by atoms with Crippen molar-refractivity contribution in [1.82, 2.24) is 19.8 Å². The van der Waals surface area contributed by atoms with Gasteiger partial charge in [0.1, 0.15) is 11.5 Å². The Morgan fingerprint density at radius 1 is 0.682 bits per heavy atom. The third-order valence-electron chi connectivity index (χ3n) is 6.84. The number of para-hydroxylation sites is 1. The SMILES string of the molecule is O=C(O)CN(CCN(CC(=O)O)C(c1ccccn1)c1cc(S(=O)(=O)O)ccc1O)C(c1ccccn1)c1ccccc1O. The number of aromatic nitrogens is 2. The number of benzene rings is 2. The van der Waals surface area contributed by atoms with Crippen molar-refractivity contribution in [3.8, 4) is 11.5 Å². The summed E-state index contributed by atoms with van der Waals surface area (Å²) in [4.78, 5) is 35.3. The Hall–Kier alpha value is -4.89. The minimum atomic E-state index is -4.69. The Bertz CT molecular complexity index is 1710. The number of hydrogen-bond donors (Lipinski definition) is 5. The van der Waals surface area contributed by atoms with Crippen LogP contribution in [0.3, 0.4) is 0 Å². The van der Waals surface area contributed by atoms with Crippen molar-refractivity contribution < 1.29 is 43.0 Å². The lowest BCUT2D eigenvalue weighted by Crippen LogP contribution is -2.43. The van der Waals surface area contributed by atoms with Crippen LogP contribution in [0.4, 0.5) is 0 Å². The molecule has 44 heavy (non-hydrogen) atoms. The molecule has 2 aromatic heterocycles. The molecule has 0 spiro atoms. The van der Waals surface area contributed by atoms with E-state index >= 15 is 0 Å². The number of pyridine rings is 2. The molecule has 2 heterocycles. The molecule has 2 unspecified atom stereocenters. The van der Waals surface area contributed by atoms with Crippen molar-refractivity contribution in [3.05, 3.63) is 114 Å². The van der Waals surface area contributed by atoms with Crippen LogP contribution in [-0.4, -0.2) is 91.3 Å². The van der Waals surface area contributed by atoms with E-state index in [4.69, 9.17) is 0 Å². The zero-order valence-corrected chi connectivity index (χ0v) is 24.0.